The lowest BCUT2D eigenvalue weighted by Gasteiger charge is -2.00. The molecule has 78 valence electrons. The highest BCUT2D eigenvalue weighted by atomic mass is 79.9. The van der Waals surface area contributed by atoms with Crippen LogP contribution in [0.25, 0.3) is 11.6 Å². The van der Waals surface area contributed by atoms with Crippen LogP contribution in [0.4, 0.5) is 0 Å². The summed E-state index contributed by atoms with van der Waals surface area (Å²) in [6.45, 7) is 1.84. The summed E-state index contributed by atoms with van der Waals surface area (Å²) in [4.78, 5) is 8.09. The maximum Gasteiger partial charge on any atom is 0.198 e. The van der Waals surface area contributed by atoms with E-state index >= 15 is 0 Å². The first-order valence-electron chi connectivity index (χ1n) is 4.03. The third-order valence-electron chi connectivity index (χ3n) is 1.73. The summed E-state index contributed by atoms with van der Waals surface area (Å²) in [5, 5.41) is 0.526. The van der Waals surface area contributed by atoms with E-state index < -0.39 is 0 Å². The molecule has 3 nitrogen and oxygen atoms in total. The Morgan fingerprint density at radius 2 is 1.80 bits per heavy atom. The van der Waals surface area contributed by atoms with Crippen molar-refractivity contribution in [2.24, 2.45) is 0 Å². The zero-order chi connectivity index (χ0) is 11.0. The van der Waals surface area contributed by atoms with E-state index in [9.17, 15) is 0 Å². The molecule has 0 aliphatic rings. The first-order valence-corrected chi connectivity index (χ1v) is 5.58. The standard InChI is InChI=1S/C9H5BrCl2N2O/c1-4-2-3-5(15-4)9-13-7(11)6(10)8(12)14-9/h2-3H,1H3. The molecule has 0 aliphatic carbocycles. The fraction of sp³-hybridized carbons (Fsp3) is 0.111. The van der Waals surface area contributed by atoms with Crippen LogP contribution in [-0.4, -0.2) is 9.97 Å². The largest absolute Gasteiger partial charge is 0.458 e. The molecule has 0 saturated heterocycles. The normalized spacial score (nSPS) is 10.7. The number of halogens is 3. The topological polar surface area (TPSA) is 38.9 Å². The van der Waals surface area contributed by atoms with Crippen LogP contribution in [0.15, 0.2) is 21.0 Å². The summed E-state index contributed by atoms with van der Waals surface area (Å²) in [5.74, 6) is 1.70. The van der Waals surface area contributed by atoms with Crippen molar-refractivity contribution in [2.45, 2.75) is 6.92 Å². The van der Waals surface area contributed by atoms with Crippen molar-refractivity contribution in [3.63, 3.8) is 0 Å². The SMILES string of the molecule is Cc1ccc(-c2nc(Cl)c(Br)c(Cl)n2)o1. The predicted molar refractivity (Wildman–Crippen MR) is 62.2 cm³/mol. The molecule has 0 spiro atoms. The fourth-order valence-electron chi connectivity index (χ4n) is 1.06. The van der Waals surface area contributed by atoms with Gasteiger partial charge in [0, 0.05) is 0 Å². The Bertz CT molecular complexity index is 490. The summed E-state index contributed by atoms with van der Waals surface area (Å²) in [6.07, 6.45) is 0. The Morgan fingerprint density at radius 1 is 1.20 bits per heavy atom. The van der Waals surface area contributed by atoms with Gasteiger partial charge in [-0.3, -0.25) is 0 Å². The van der Waals surface area contributed by atoms with Crippen molar-refractivity contribution in [3.05, 3.63) is 32.7 Å². The minimum Gasteiger partial charge on any atom is -0.458 e. The molecule has 0 amide bonds. The number of aryl methyl sites for hydroxylation is 1. The molecule has 15 heavy (non-hydrogen) atoms. The van der Waals surface area contributed by atoms with Gasteiger partial charge in [0.05, 0.1) is 4.47 Å². The number of furan rings is 1. The number of hydrogen-bond acceptors (Lipinski definition) is 3. The summed E-state index contributed by atoms with van der Waals surface area (Å²) in [5.41, 5.74) is 0. The van der Waals surface area contributed by atoms with E-state index in [4.69, 9.17) is 27.6 Å². The summed E-state index contributed by atoms with van der Waals surface area (Å²) in [7, 11) is 0. The molecule has 0 saturated carbocycles. The Labute approximate surface area is 105 Å². The minimum absolute atomic E-state index is 0.263. The molecule has 0 aliphatic heterocycles. The molecule has 2 heterocycles. The minimum atomic E-state index is 0.263. The van der Waals surface area contributed by atoms with Gasteiger partial charge >= 0.3 is 0 Å². The van der Waals surface area contributed by atoms with Crippen LogP contribution in [-0.2, 0) is 0 Å². The lowest BCUT2D eigenvalue weighted by molar-refractivity contribution is 0.544. The Balaban J connectivity index is 2.55. The molecule has 2 aromatic heterocycles. The average molecular weight is 308 g/mol. The lowest BCUT2D eigenvalue weighted by atomic mass is 10.4. The van der Waals surface area contributed by atoms with Crippen LogP contribution in [0.3, 0.4) is 0 Å². The van der Waals surface area contributed by atoms with Gasteiger partial charge in [0.15, 0.2) is 11.6 Å². The fourth-order valence-corrected chi connectivity index (χ4v) is 1.62. The smallest absolute Gasteiger partial charge is 0.198 e. The third kappa shape index (κ3) is 2.17. The second-order valence-electron chi connectivity index (χ2n) is 2.85. The van der Waals surface area contributed by atoms with Crippen molar-refractivity contribution in [2.75, 3.05) is 0 Å². The van der Waals surface area contributed by atoms with Crippen LogP contribution in [0, 0.1) is 6.92 Å². The van der Waals surface area contributed by atoms with E-state index in [0.717, 1.165) is 5.76 Å². The first-order chi connectivity index (χ1) is 7.08. The molecule has 0 radical (unpaired) electrons. The van der Waals surface area contributed by atoms with Gasteiger partial charge in [-0.25, -0.2) is 9.97 Å². The van der Waals surface area contributed by atoms with Crippen LogP contribution in [0.2, 0.25) is 10.3 Å². The maximum atomic E-state index is 5.85. The summed E-state index contributed by atoms with van der Waals surface area (Å²) in [6, 6.07) is 3.59. The highest BCUT2D eigenvalue weighted by Gasteiger charge is 2.12. The Morgan fingerprint density at radius 3 is 2.27 bits per heavy atom. The van der Waals surface area contributed by atoms with Crippen LogP contribution >= 0.6 is 39.1 Å². The van der Waals surface area contributed by atoms with Gasteiger partial charge in [-0.1, -0.05) is 23.2 Å². The molecule has 0 atom stereocenters. The van der Waals surface area contributed by atoms with Crippen molar-refractivity contribution >= 4 is 39.1 Å². The van der Waals surface area contributed by atoms with Gasteiger partial charge in [0.25, 0.3) is 0 Å². The molecule has 2 aromatic rings. The molecule has 0 aromatic carbocycles. The highest BCUT2D eigenvalue weighted by Crippen LogP contribution is 2.30. The van der Waals surface area contributed by atoms with E-state index in [1.54, 1.807) is 6.07 Å². The Hall–Kier alpha value is -0.580. The third-order valence-corrected chi connectivity index (χ3v) is 3.49. The maximum absolute atomic E-state index is 5.85. The second-order valence-corrected chi connectivity index (χ2v) is 4.36. The van der Waals surface area contributed by atoms with Gasteiger partial charge in [0.1, 0.15) is 16.1 Å². The number of nitrogens with zero attached hydrogens (tertiary/aromatic N) is 2. The van der Waals surface area contributed by atoms with E-state index in [1.807, 2.05) is 13.0 Å². The second kappa shape index (κ2) is 4.12. The van der Waals surface area contributed by atoms with Crippen molar-refractivity contribution in [1.82, 2.24) is 9.97 Å². The zero-order valence-electron chi connectivity index (χ0n) is 7.59. The van der Waals surface area contributed by atoms with Gasteiger partial charge in [-0.05, 0) is 35.0 Å². The monoisotopic (exact) mass is 306 g/mol. The molecule has 2 rings (SSSR count). The molecule has 0 fully saturated rings. The van der Waals surface area contributed by atoms with Gasteiger partial charge in [0.2, 0.25) is 0 Å². The van der Waals surface area contributed by atoms with Crippen LogP contribution in [0.1, 0.15) is 5.76 Å². The van der Waals surface area contributed by atoms with E-state index in [0.29, 0.717) is 16.1 Å². The summed E-state index contributed by atoms with van der Waals surface area (Å²) >= 11 is 14.9. The number of rotatable bonds is 1. The van der Waals surface area contributed by atoms with Crippen molar-refractivity contribution < 1.29 is 4.42 Å². The number of aromatic nitrogens is 2. The Kier molecular flexibility index (Phi) is 3.00. The van der Waals surface area contributed by atoms with Crippen molar-refractivity contribution in [3.8, 4) is 11.6 Å². The van der Waals surface area contributed by atoms with E-state index in [-0.39, 0.29) is 10.3 Å². The number of hydrogen-bond donors (Lipinski definition) is 0. The summed E-state index contributed by atoms with van der Waals surface area (Å²) < 4.78 is 5.85. The molecule has 0 N–H and O–H groups in total. The highest BCUT2D eigenvalue weighted by molar-refractivity contribution is 9.10. The van der Waals surface area contributed by atoms with Gasteiger partial charge in [-0.15, -0.1) is 0 Å². The van der Waals surface area contributed by atoms with Crippen molar-refractivity contribution in [1.29, 1.82) is 0 Å². The molecule has 0 unspecified atom stereocenters. The lowest BCUT2D eigenvalue weighted by Crippen LogP contribution is -1.90. The van der Waals surface area contributed by atoms with E-state index in [2.05, 4.69) is 25.9 Å². The molecular weight excluding hydrogens is 303 g/mol. The first kappa shape index (κ1) is 10.9. The van der Waals surface area contributed by atoms with Gasteiger partial charge < -0.3 is 4.42 Å². The molecular formula is C9H5BrCl2N2O. The quantitative estimate of drug-likeness (QED) is 0.744. The average Bonchev–Trinajstić information content (AvgIpc) is 2.60. The van der Waals surface area contributed by atoms with Gasteiger partial charge in [-0.2, -0.15) is 0 Å². The van der Waals surface area contributed by atoms with Crippen LogP contribution < -0.4 is 0 Å². The molecule has 0 bridgehead atoms. The predicted octanol–water partition coefficient (Wildman–Crippen LogP) is 4.11. The molecule has 6 heteroatoms. The van der Waals surface area contributed by atoms with Crippen LogP contribution in [0.5, 0.6) is 0 Å². The van der Waals surface area contributed by atoms with E-state index in [1.165, 1.54) is 0 Å². The zero-order valence-corrected chi connectivity index (χ0v) is 10.7.